The summed E-state index contributed by atoms with van der Waals surface area (Å²) in [6.45, 7) is 3.14. The summed E-state index contributed by atoms with van der Waals surface area (Å²) in [7, 11) is 0. The first-order valence-electron chi connectivity index (χ1n) is 8.83. The number of fused-ring (bicyclic) bond motifs is 1. The van der Waals surface area contributed by atoms with E-state index < -0.39 is 0 Å². The summed E-state index contributed by atoms with van der Waals surface area (Å²) in [4.78, 5) is 17.8. The first-order chi connectivity index (χ1) is 13.2. The van der Waals surface area contributed by atoms with Crippen LogP contribution < -0.4 is 15.5 Å². The Labute approximate surface area is 157 Å². The minimum atomic E-state index is -0.0940. The molecule has 136 valence electrons. The standard InChI is InChI=1S/C20H20N6O/c1-14(27)22-17-6-8-18(9-7-17)23-19-12-21-25-20(24-19)26-11-10-15-4-2-3-5-16(15)13-26/h2-9,12H,10-11,13H2,1H3,(H,22,27)(H,23,24,25). The average Bonchev–Trinajstić information content (AvgIpc) is 2.69. The lowest BCUT2D eigenvalue weighted by molar-refractivity contribution is -0.114. The van der Waals surface area contributed by atoms with E-state index in [4.69, 9.17) is 0 Å². The molecule has 7 nitrogen and oxygen atoms in total. The second-order valence-electron chi connectivity index (χ2n) is 6.47. The van der Waals surface area contributed by atoms with Gasteiger partial charge in [0.05, 0.1) is 6.20 Å². The maximum atomic E-state index is 11.1. The monoisotopic (exact) mass is 360 g/mol. The molecule has 0 aliphatic carbocycles. The minimum Gasteiger partial charge on any atom is -0.339 e. The number of carbonyl (C=O) groups excluding carboxylic acids is 1. The highest BCUT2D eigenvalue weighted by molar-refractivity contribution is 5.88. The maximum absolute atomic E-state index is 11.1. The van der Waals surface area contributed by atoms with Gasteiger partial charge in [0.15, 0.2) is 5.82 Å². The molecule has 0 atom stereocenters. The summed E-state index contributed by atoms with van der Waals surface area (Å²) in [5, 5.41) is 14.3. The van der Waals surface area contributed by atoms with Crippen molar-refractivity contribution in [3.8, 4) is 0 Å². The Kier molecular flexibility index (Phi) is 4.65. The molecule has 0 spiro atoms. The van der Waals surface area contributed by atoms with Gasteiger partial charge in [0.25, 0.3) is 0 Å². The van der Waals surface area contributed by atoms with Gasteiger partial charge in [-0.25, -0.2) is 0 Å². The van der Waals surface area contributed by atoms with E-state index in [-0.39, 0.29) is 5.91 Å². The molecule has 2 heterocycles. The van der Waals surface area contributed by atoms with Gasteiger partial charge in [-0.05, 0) is 41.8 Å². The molecule has 0 unspecified atom stereocenters. The second-order valence-corrected chi connectivity index (χ2v) is 6.47. The van der Waals surface area contributed by atoms with Crippen LogP contribution in [-0.2, 0) is 17.8 Å². The fourth-order valence-electron chi connectivity index (χ4n) is 3.14. The lowest BCUT2D eigenvalue weighted by Crippen LogP contribution is -2.32. The Hall–Kier alpha value is -3.48. The van der Waals surface area contributed by atoms with Crippen molar-refractivity contribution in [1.29, 1.82) is 0 Å². The Morgan fingerprint density at radius 1 is 1.04 bits per heavy atom. The van der Waals surface area contributed by atoms with Gasteiger partial charge in [0.2, 0.25) is 11.9 Å². The van der Waals surface area contributed by atoms with Crippen LogP contribution in [0.15, 0.2) is 54.7 Å². The zero-order valence-corrected chi connectivity index (χ0v) is 15.0. The highest BCUT2D eigenvalue weighted by Crippen LogP contribution is 2.23. The van der Waals surface area contributed by atoms with Gasteiger partial charge in [-0.3, -0.25) is 4.79 Å². The van der Waals surface area contributed by atoms with E-state index in [9.17, 15) is 4.79 Å². The molecular formula is C20H20N6O. The van der Waals surface area contributed by atoms with E-state index >= 15 is 0 Å². The number of nitrogens with zero attached hydrogens (tertiary/aromatic N) is 4. The number of hydrogen-bond acceptors (Lipinski definition) is 6. The van der Waals surface area contributed by atoms with Crippen molar-refractivity contribution in [3.05, 3.63) is 65.9 Å². The van der Waals surface area contributed by atoms with E-state index in [1.54, 1.807) is 6.20 Å². The van der Waals surface area contributed by atoms with Crippen molar-refractivity contribution in [1.82, 2.24) is 15.2 Å². The lowest BCUT2D eigenvalue weighted by atomic mass is 10.0. The van der Waals surface area contributed by atoms with Crippen LogP contribution in [0.1, 0.15) is 18.1 Å². The first kappa shape index (κ1) is 17.0. The molecule has 3 aromatic rings. The van der Waals surface area contributed by atoms with Gasteiger partial charge in [0.1, 0.15) is 0 Å². The van der Waals surface area contributed by atoms with Gasteiger partial charge >= 0.3 is 0 Å². The second kappa shape index (κ2) is 7.41. The number of anilines is 4. The molecule has 2 aromatic carbocycles. The lowest BCUT2D eigenvalue weighted by Gasteiger charge is -2.28. The number of hydrogen-bond donors (Lipinski definition) is 2. The van der Waals surface area contributed by atoms with Crippen LogP contribution in [0.3, 0.4) is 0 Å². The van der Waals surface area contributed by atoms with Gasteiger partial charge in [-0.1, -0.05) is 24.3 Å². The van der Waals surface area contributed by atoms with E-state index in [1.807, 2.05) is 24.3 Å². The molecule has 27 heavy (non-hydrogen) atoms. The van der Waals surface area contributed by atoms with Crippen molar-refractivity contribution in [3.63, 3.8) is 0 Å². The summed E-state index contributed by atoms with van der Waals surface area (Å²) in [6.07, 6.45) is 2.57. The zero-order valence-electron chi connectivity index (χ0n) is 15.0. The Balaban J connectivity index is 1.47. The molecule has 0 saturated heterocycles. The summed E-state index contributed by atoms with van der Waals surface area (Å²) < 4.78 is 0. The van der Waals surface area contributed by atoms with Gasteiger partial charge in [-0.15, -0.1) is 5.10 Å². The summed E-state index contributed by atoms with van der Waals surface area (Å²) >= 11 is 0. The normalized spacial score (nSPS) is 13.0. The number of carbonyl (C=O) groups is 1. The third-order valence-corrected chi connectivity index (χ3v) is 4.44. The van der Waals surface area contributed by atoms with Crippen molar-refractivity contribution >= 4 is 29.0 Å². The predicted octanol–water partition coefficient (Wildman–Crippen LogP) is 3.14. The molecule has 0 saturated carbocycles. The molecule has 0 bridgehead atoms. The summed E-state index contributed by atoms with van der Waals surface area (Å²) in [5.74, 6) is 1.15. The van der Waals surface area contributed by atoms with Crippen LogP contribution in [0, 0.1) is 0 Å². The summed E-state index contributed by atoms with van der Waals surface area (Å²) in [6, 6.07) is 15.9. The Bertz CT molecular complexity index is 957. The van der Waals surface area contributed by atoms with Crippen LogP contribution in [0.25, 0.3) is 0 Å². The van der Waals surface area contributed by atoms with Crippen molar-refractivity contribution < 1.29 is 4.79 Å². The van der Waals surface area contributed by atoms with Crippen molar-refractivity contribution in [2.24, 2.45) is 0 Å². The van der Waals surface area contributed by atoms with E-state index in [2.05, 4.69) is 55.0 Å². The molecule has 0 fully saturated rings. The van der Waals surface area contributed by atoms with Gasteiger partial charge in [0, 0.05) is 31.4 Å². The highest BCUT2D eigenvalue weighted by Gasteiger charge is 2.18. The average molecular weight is 360 g/mol. The molecule has 1 aromatic heterocycles. The van der Waals surface area contributed by atoms with Crippen LogP contribution >= 0.6 is 0 Å². The molecule has 4 rings (SSSR count). The molecule has 1 amide bonds. The fourth-order valence-corrected chi connectivity index (χ4v) is 3.14. The first-order valence-corrected chi connectivity index (χ1v) is 8.83. The Morgan fingerprint density at radius 3 is 2.56 bits per heavy atom. The number of rotatable bonds is 4. The highest BCUT2D eigenvalue weighted by atomic mass is 16.1. The molecule has 1 aliphatic rings. The zero-order chi connectivity index (χ0) is 18.6. The maximum Gasteiger partial charge on any atom is 0.247 e. The molecule has 1 aliphatic heterocycles. The summed E-state index contributed by atoms with van der Waals surface area (Å²) in [5.41, 5.74) is 4.30. The Morgan fingerprint density at radius 2 is 1.78 bits per heavy atom. The number of aromatic nitrogens is 3. The van der Waals surface area contributed by atoms with Crippen LogP contribution in [0.5, 0.6) is 0 Å². The van der Waals surface area contributed by atoms with Gasteiger partial charge in [-0.2, -0.15) is 10.1 Å². The molecule has 0 radical (unpaired) electrons. The van der Waals surface area contributed by atoms with Crippen molar-refractivity contribution in [2.45, 2.75) is 19.9 Å². The fraction of sp³-hybridized carbons (Fsp3) is 0.200. The quantitative estimate of drug-likeness (QED) is 0.744. The topological polar surface area (TPSA) is 83.0 Å². The third kappa shape index (κ3) is 4.03. The van der Waals surface area contributed by atoms with Crippen LogP contribution in [0.2, 0.25) is 0 Å². The van der Waals surface area contributed by atoms with Gasteiger partial charge < -0.3 is 15.5 Å². The number of amides is 1. The van der Waals surface area contributed by atoms with E-state index in [0.29, 0.717) is 11.8 Å². The predicted molar refractivity (Wildman–Crippen MR) is 105 cm³/mol. The molecular weight excluding hydrogens is 340 g/mol. The molecule has 7 heteroatoms. The SMILES string of the molecule is CC(=O)Nc1ccc(Nc2cnnc(N3CCc4ccccc4C3)n2)cc1. The molecule has 2 N–H and O–H groups in total. The van der Waals surface area contributed by atoms with Crippen molar-refractivity contribution in [2.75, 3.05) is 22.1 Å². The van der Waals surface area contributed by atoms with E-state index in [0.717, 1.165) is 30.9 Å². The van der Waals surface area contributed by atoms with Crippen LogP contribution in [0.4, 0.5) is 23.1 Å². The van der Waals surface area contributed by atoms with E-state index in [1.165, 1.54) is 18.1 Å². The third-order valence-electron chi connectivity index (χ3n) is 4.44. The largest absolute Gasteiger partial charge is 0.339 e. The smallest absolute Gasteiger partial charge is 0.247 e. The van der Waals surface area contributed by atoms with Crippen LogP contribution in [-0.4, -0.2) is 27.6 Å². The number of nitrogens with one attached hydrogen (secondary N) is 2. The number of benzene rings is 2. The minimum absolute atomic E-state index is 0.0940.